The molecule has 1 amide bonds. The quantitative estimate of drug-likeness (QED) is 0.664. The second-order valence-electron chi connectivity index (χ2n) is 5.21. The van der Waals surface area contributed by atoms with E-state index in [1.165, 1.54) is 6.21 Å². The van der Waals surface area contributed by atoms with Crippen molar-refractivity contribution < 1.29 is 23.7 Å². The molecule has 7 nitrogen and oxygen atoms in total. The number of ether oxygens (including phenoxy) is 4. The summed E-state index contributed by atoms with van der Waals surface area (Å²) in [4.78, 5) is 12.2. The Hall–Kier alpha value is -3.22. The fourth-order valence-electron chi connectivity index (χ4n) is 2.33. The highest BCUT2D eigenvalue weighted by Crippen LogP contribution is 2.30. The van der Waals surface area contributed by atoms with E-state index in [-0.39, 0.29) is 6.61 Å². The standard InChI is InChI=1S/C18H18N2O5/c1-22-13-7-8-14(23-2)12(9-13)10-19-20-18(21)17-11-24-15-5-3-4-6-16(15)25-17/h3-10,17H,11H2,1-2H3,(H,20,21). The van der Waals surface area contributed by atoms with Crippen LogP contribution in [-0.2, 0) is 4.79 Å². The monoisotopic (exact) mass is 342 g/mol. The second kappa shape index (κ2) is 7.57. The van der Waals surface area contributed by atoms with Crippen LogP contribution < -0.4 is 24.4 Å². The van der Waals surface area contributed by atoms with Crippen LogP contribution in [0.1, 0.15) is 5.56 Å². The van der Waals surface area contributed by atoms with Gasteiger partial charge in [-0.15, -0.1) is 0 Å². The average Bonchev–Trinajstić information content (AvgIpc) is 2.67. The number of methoxy groups -OCH3 is 2. The first-order valence-electron chi connectivity index (χ1n) is 7.64. The largest absolute Gasteiger partial charge is 0.497 e. The van der Waals surface area contributed by atoms with E-state index in [0.717, 1.165) is 0 Å². The van der Waals surface area contributed by atoms with Gasteiger partial charge in [0.25, 0.3) is 5.91 Å². The molecular weight excluding hydrogens is 324 g/mol. The number of hydrazone groups is 1. The average molecular weight is 342 g/mol. The Labute approximate surface area is 145 Å². The normalized spacial score (nSPS) is 15.7. The van der Waals surface area contributed by atoms with Gasteiger partial charge in [0.2, 0.25) is 6.10 Å². The summed E-state index contributed by atoms with van der Waals surface area (Å²) in [5.41, 5.74) is 3.12. The summed E-state index contributed by atoms with van der Waals surface area (Å²) in [5.74, 6) is 2.04. The molecule has 0 saturated carbocycles. The Morgan fingerprint density at radius 3 is 2.76 bits per heavy atom. The summed E-state index contributed by atoms with van der Waals surface area (Å²) in [7, 11) is 3.13. The van der Waals surface area contributed by atoms with Crippen molar-refractivity contribution in [1.29, 1.82) is 0 Å². The zero-order chi connectivity index (χ0) is 17.6. The summed E-state index contributed by atoms with van der Waals surface area (Å²) >= 11 is 0. The molecule has 7 heteroatoms. The van der Waals surface area contributed by atoms with E-state index in [0.29, 0.717) is 28.6 Å². The number of rotatable bonds is 5. The first kappa shape index (κ1) is 16.6. The van der Waals surface area contributed by atoms with Crippen LogP contribution in [0.25, 0.3) is 0 Å². The van der Waals surface area contributed by atoms with Crippen molar-refractivity contribution in [3.05, 3.63) is 48.0 Å². The number of hydrogen-bond acceptors (Lipinski definition) is 6. The molecule has 0 fully saturated rings. The molecule has 0 bridgehead atoms. The number of amides is 1. The first-order chi connectivity index (χ1) is 12.2. The van der Waals surface area contributed by atoms with Gasteiger partial charge in [0.15, 0.2) is 11.5 Å². The Morgan fingerprint density at radius 1 is 1.20 bits per heavy atom. The van der Waals surface area contributed by atoms with Crippen LogP contribution in [-0.4, -0.2) is 39.1 Å². The smallest absolute Gasteiger partial charge is 0.284 e. The van der Waals surface area contributed by atoms with Crippen LogP contribution in [0.4, 0.5) is 0 Å². The lowest BCUT2D eigenvalue weighted by atomic mass is 10.2. The Bertz CT molecular complexity index is 791. The van der Waals surface area contributed by atoms with Gasteiger partial charge in [-0.1, -0.05) is 12.1 Å². The lowest BCUT2D eigenvalue weighted by Crippen LogP contribution is -2.42. The zero-order valence-corrected chi connectivity index (χ0v) is 13.9. The lowest BCUT2D eigenvalue weighted by Gasteiger charge is -2.24. The van der Waals surface area contributed by atoms with Gasteiger partial charge in [0.05, 0.1) is 20.4 Å². The van der Waals surface area contributed by atoms with Crippen molar-refractivity contribution in [2.75, 3.05) is 20.8 Å². The molecule has 1 unspecified atom stereocenters. The minimum atomic E-state index is -0.765. The van der Waals surface area contributed by atoms with Crippen molar-refractivity contribution in [2.24, 2.45) is 5.10 Å². The molecular formula is C18H18N2O5. The van der Waals surface area contributed by atoms with Crippen molar-refractivity contribution >= 4 is 12.1 Å². The maximum Gasteiger partial charge on any atom is 0.284 e. The fraction of sp³-hybridized carbons (Fsp3) is 0.222. The number of nitrogens with one attached hydrogen (secondary N) is 1. The summed E-state index contributed by atoms with van der Waals surface area (Å²) in [6, 6.07) is 12.5. The second-order valence-corrected chi connectivity index (χ2v) is 5.21. The van der Waals surface area contributed by atoms with Gasteiger partial charge in [0, 0.05) is 5.56 Å². The maximum absolute atomic E-state index is 12.2. The lowest BCUT2D eigenvalue weighted by molar-refractivity contribution is -0.130. The highest BCUT2D eigenvalue weighted by atomic mass is 16.6. The summed E-state index contributed by atoms with van der Waals surface area (Å²) in [5, 5.41) is 3.96. The highest BCUT2D eigenvalue weighted by Gasteiger charge is 2.26. The number of fused-ring (bicyclic) bond motifs is 1. The topological polar surface area (TPSA) is 78.4 Å². The Balaban J connectivity index is 1.64. The zero-order valence-electron chi connectivity index (χ0n) is 13.9. The van der Waals surface area contributed by atoms with E-state index in [9.17, 15) is 4.79 Å². The predicted octanol–water partition coefficient (Wildman–Crippen LogP) is 1.99. The van der Waals surface area contributed by atoms with Crippen molar-refractivity contribution in [3.8, 4) is 23.0 Å². The SMILES string of the molecule is COc1ccc(OC)c(C=NNC(=O)C2COc3ccccc3O2)c1. The maximum atomic E-state index is 12.2. The van der Waals surface area contributed by atoms with Crippen LogP contribution in [0.5, 0.6) is 23.0 Å². The molecule has 1 heterocycles. The van der Waals surface area contributed by atoms with E-state index in [1.807, 2.05) is 12.1 Å². The number of carbonyl (C=O) groups is 1. The molecule has 3 rings (SSSR count). The first-order valence-corrected chi connectivity index (χ1v) is 7.64. The van der Waals surface area contributed by atoms with E-state index in [4.69, 9.17) is 18.9 Å². The molecule has 2 aromatic rings. The fourth-order valence-corrected chi connectivity index (χ4v) is 2.33. The highest BCUT2D eigenvalue weighted by molar-refractivity contribution is 5.87. The molecule has 2 aromatic carbocycles. The van der Waals surface area contributed by atoms with Gasteiger partial charge >= 0.3 is 0 Å². The number of benzene rings is 2. The molecule has 1 aliphatic rings. The molecule has 0 aromatic heterocycles. The molecule has 0 spiro atoms. The third-order valence-electron chi connectivity index (χ3n) is 3.62. The van der Waals surface area contributed by atoms with Crippen molar-refractivity contribution in [1.82, 2.24) is 5.43 Å². The van der Waals surface area contributed by atoms with Crippen LogP contribution in [0.3, 0.4) is 0 Å². The third-order valence-corrected chi connectivity index (χ3v) is 3.62. The predicted molar refractivity (Wildman–Crippen MR) is 91.6 cm³/mol. The minimum Gasteiger partial charge on any atom is -0.497 e. The van der Waals surface area contributed by atoms with Crippen LogP contribution >= 0.6 is 0 Å². The Morgan fingerprint density at radius 2 is 2.00 bits per heavy atom. The molecule has 25 heavy (non-hydrogen) atoms. The summed E-state index contributed by atoms with van der Waals surface area (Å²) < 4.78 is 21.6. The molecule has 1 N–H and O–H groups in total. The molecule has 0 aliphatic carbocycles. The van der Waals surface area contributed by atoms with Gasteiger partial charge in [-0.2, -0.15) is 5.10 Å². The van der Waals surface area contributed by atoms with E-state index in [1.54, 1.807) is 44.6 Å². The van der Waals surface area contributed by atoms with Crippen LogP contribution in [0, 0.1) is 0 Å². The number of carbonyl (C=O) groups excluding carboxylic acids is 1. The van der Waals surface area contributed by atoms with E-state index in [2.05, 4.69) is 10.5 Å². The van der Waals surface area contributed by atoms with E-state index < -0.39 is 12.0 Å². The van der Waals surface area contributed by atoms with Crippen molar-refractivity contribution in [3.63, 3.8) is 0 Å². The number of para-hydroxylation sites is 2. The van der Waals surface area contributed by atoms with Gasteiger partial charge in [-0.25, -0.2) is 5.43 Å². The van der Waals surface area contributed by atoms with Crippen LogP contribution in [0.2, 0.25) is 0 Å². The number of nitrogens with zero attached hydrogens (tertiary/aromatic N) is 1. The molecule has 0 saturated heterocycles. The molecule has 130 valence electrons. The van der Waals surface area contributed by atoms with Gasteiger partial charge in [-0.3, -0.25) is 4.79 Å². The van der Waals surface area contributed by atoms with Crippen molar-refractivity contribution in [2.45, 2.75) is 6.10 Å². The van der Waals surface area contributed by atoms with Gasteiger partial charge in [0.1, 0.15) is 18.1 Å². The van der Waals surface area contributed by atoms with Crippen LogP contribution in [0.15, 0.2) is 47.6 Å². The molecule has 1 atom stereocenters. The third kappa shape index (κ3) is 3.82. The summed E-state index contributed by atoms with van der Waals surface area (Å²) in [6.45, 7) is 0.126. The number of hydrogen-bond donors (Lipinski definition) is 1. The molecule has 1 aliphatic heterocycles. The van der Waals surface area contributed by atoms with Gasteiger partial charge < -0.3 is 18.9 Å². The summed E-state index contributed by atoms with van der Waals surface area (Å²) in [6.07, 6.45) is 0.718. The molecule has 0 radical (unpaired) electrons. The Kier molecular flexibility index (Phi) is 5.03. The van der Waals surface area contributed by atoms with E-state index >= 15 is 0 Å². The minimum absolute atomic E-state index is 0.126. The van der Waals surface area contributed by atoms with Gasteiger partial charge in [-0.05, 0) is 30.3 Å².